The van der Waals surface area contributed by atoms with Crippen LogP contribution in [-0.4, -0.2) is 25.1 Å². The molecule has 0 amide bonds. The zero-order valence-electron chi connectivity index (χ0n) is 12.2. The molecule has 0 spiro atoms. The van der Waals surface area contributed by atoms with E-state index < -0.39 is 0 Å². The highest BCUT2D eigenvalue weighted by Crippen LogP contribution is 2.26. The lowest BCUT2D eigenvalue weighted by Crippen LogP contribution is -2.20. The number of benzene rings is 1. The Morgan fingerprint density at radius 1 is 1.42 bits per heavy atom. The van der Waals surface area contributed by atoms with Crippen LogP contribution in [0.4, 0.5) is 0 Å². The molecule has 0 aliphatic carbocycles. The molecule has 3 heteroatoms. The number of hydrogen-bond acceptors (Lipinski definition) is 3. The Labute approximate surface area is 116 Å². The third-order valence-corrected chi connectivity index (χ3v) is 4.04. The van der Waals surface area contributed by atoms with Crippen molar-refractivity contribution in [2.45, 2.75) is 39.3 Å². The van der Waals surface area contributed by atoms with E-state index in [0.29, 0.717) is 6.54 Å². The number of likely N-dealkylation sites (tertiary alicyclic amines) is 1. The van der Waals surface area contributed by atoms with Gasteiger partial charge in [0, 0.05) is 25.2 Å². The van der Waals surface area contributed by atoms with Gasteiger partial charge in [-0.2, -0.15) is 0 Å². The second-order valence-corrected chi connectivity index (χ2v) is 5.53. The van der Waals surface area contributed by atoms with E-state index in [1.54, 1.807) is 7.11 Å². The average Bonchev–Trinajstić information content (AvgIpc) is 2.86. The van der Waals surface area contributed by atoms with E-state index in [1.165, 1.54) is 43.5 Å². The summed E-state index contributed by atoms with van der Waals surface area (Å²) >= 11 is 0. The predicted molar refractivity (Wildman–Crippen MR) is 79.2 cm³/mol. The molecule has 0 aromatic heterocycles. The highest BCUT2D eigenvalue weighted by Gasteiger charge is 2.22. The van der Waals surface area contributed by atoms with E-state index in [1.807, 2.05) is 12.1 Å². The van der Waals surface area contributed by atoms with Crippen LogP contribution in [0.15, 0.2) is 18.2 Å². The molecule has 1 aliphatic heterocycles. The summed E-state index contributed by atoms with van der Waals surface area (Å²) in [6.07, 6.45) is 3.99. The zero-order valence-corrected chi connectivity index (χ0v) is 12.2. The summed E-state index contributed by atoms with van der Waals surface area (Å²) in [5.74, 6) is 1.87. The van der Waals surface area contributed by atoms with Crippen LogP contribution < -0.4 is 10.5 Å². The van der Waals surface area contributed by atoms with Gasteiger partial charge in [0.2, 0.25) is 0 Å². The highest BCUT2D eigenvalue weighted by molar-refractivity contribution is 5.37. The molecule has 0 radical (unpaired) electrons. The fourth-order valence-electron chi connectivity index (χ4n) is 3.02. The lowest BCUT2D eigenvalue weighted by atomic mass is 10.0. The Hall–Kier alpha value is -1.06. The molecule has 1 unspecified atom stereocenters. The van der Waals surface area contributed by atoms with E-state index in [-0.39, 0.29) is 0 Å². The Kier molecular flexibility index (Phi) is 5.23. The maximum absolute atomic E-state index is 5.73. The molecule has 1 heterocycles. The van der Waals surface area contributed by atoms with Gasteiger partial charge in [-0.1, -0.05) is 19.4 Å². The van der Waals surface area contributed by atoms with Gasteiger partial charge in [0.15, 0.2) is 0 Å². The van der Waals surface area contributed by atoms with Crippen LogP contribution in [0.5, 0.6) is 5.75 Å². The summed E-state index contributed by atoms with van der Waals surface area (Å²) in [6.45, 7) is 6.29. The summed E-state index contributed by atoms with van der Waals surface area (Å²) in [5.41, 5.74) is 8.17. The van der Waals surface area contributed by atoms with Crippen LogP contribution in [0.2, 0.25) is 0 Å². The van der Waals surface area contributed by atoms with Crippen LogP contribution in [0.3, 0.4) is 0 Å². The minimum atomic E-state index is 0.593. The topological polar surface area (TPSA) is 38.5 Å². The van der Waals surface area contributed by atoms with Crippen molar-refractivity contribution in [3.05, 3.63) is 29.3 Å². The van der Waals surface area contributed by atoms with Gasteiger partial charge in [-0.15, -0.1) is 0 Å². The fourth-order valence-corrected chi connectivity index (χ4v) is 3.02. The molecule has 106 valence electrons. The molecule has 2 rings (SSSR count). The summed E-state index contributed by atoms with van der Waals surface area (Å²) in [7, 11) is 1.74. The molecule has 3 nitrogen and oxygen atoms in total. The van der Waals surface area contributed by atoms with Crippen molar-refractivity contribution in [1.29, 1.82) is 0 Å². The molecule has 2 N–H and O–H groups in total. The molecule has 1 fully saturated rings. The number of methoxy groups -OCH3 is 1. The van der Waals surface area contributed by atoms with Crippen LogP contribution in [-0.2, 0) is 13.1 Å². The maximum Gasteiger partial charge on any atom is 0.123 e. The van der Waals surface area contributed by atoms with E-state index in [0.717, 1.165) is 18.2 Å². The first kappa shape index (κ1) is 14.4. The first-order valence-corrected chi connectivity index (χ1v) is 7.35. The summed E-state index contributed by atoms with van der Waals surface area (Å²) < 4.78 is 5.46. The fraction of sp³-hybridized carbons (Fsp3) is 0.625. The number of rotatable bonds is 6. The second-order valence-electron chi connectivity index (χ2n) is 5.53. The van der Waals surface area contributed by atoms with Gasteiger partial charge in [-0.05, 0) is 43.0 Å². The Balaban J connectivity index is 2.02. The normalized spacial score (nSPS) is 19.8. The predicted octanol–water partition coefficient (Wildman–Crippen LogP) is 2.78. The second kappa shape index (κ2) is 6.92. The Bertz CT molecular complexity index is 406. The summed E-state index contributed by atoms with van der Waals surface area (Å²) in [6, 6.07) is 6.27. The van der Waals surface area contributed by atoms with Gasteiger partial charge in [-0.3, -0.25) is 4.90 Å². The van der Waals surface area contributed by atoms with Gasteiger partial charge in [0.05, 0.1) is 7.11 Å². The van der Waals surface area contributed by atoms with Crippen LogP contribution in [0, 0.1) is 5.92 Å². The molecule has 0 bridgehead atoms. The van der Waals surface area contributed by atoms with Crippen molar-refractivity contribution in [3.63, 3.8) is 0 Å². The van der Waals surface area contributed by atoms with E-state index in [4.69, 9.17) is 10.5 Å². The quantitative estimate of drug-likeness (QED) is 0.856. The van der Waals surface area contributed by atoms with Crippen LogP contribution in [0.1, 0.15) is 37.3 Å². The largest absolute Gasteiger partial charge is 0.496 e. The van der Waals surface area contributed by atoms with E-state index >= 15 is 0 Å². The van der Waals surface area contributed by atoms with Gasteiger partial charge < -0.3 is 10.5 Å². The number of nitrogens with two attached hydrogens (primary N) is 1. The zero-order chi connectivity index (χ0) is 13.7. The first-order valence-electron chi connectivity index (χ1n) is 7.35. The third-order valence-electron chi connectivity index (χ3n) is 4.04. The highest BCUT2D eigenvalue weighted by atomic mass is 16.5. The summed E-state index contributed by atoms with van der Waals surface area (Å²) in [5, 5.41) is 0. The number of nitrogens with zero attached hydrogens (tertiary/aromatic N) is 1. The van der Waals surface area contributed by atoms with Crippen molar-refractivity contribution >= 4 is 0 Å². The molecule has 1 atom stereocenters. The molecule has 1 aromatic carbocycles. The van der Waals surface area contributed by atoms with E-state index in [9.17, 15) is 0 Å². The molecular formula is C16H26N2O. The van der Waals surface area contributed by atoms with E-state index in [2.05, 4.69) is 17.9 Å². The van der Waals surface area contributed by atoms with Crippen molar-refractivity contribution in [2.75, 3.05) is 20.2 Å². The SMILES string of the molecule is CCCC1CCN(Cc2cc(CN)ccc2OC)C1. The number of ether oxygens (including phenoxy) is 1. The monoisotopic (exact) mass is 262 g/mol. The number of hydrogen-bond donors (Lipinski definition) is 1. The van der Waals surface area contributed by atoms with Crippen LogP contribution >= 0.6 is 0 Å². The van der Waals surface area contributed by atoms with Gasteiger partial charge >= 0.3 is 0 Å². The van der Waals surface area contributed by atoms with Gasteiger partial charge in [-0.25, -0.2) is 0 Å². The molecule has 1 saturated heterocycles. The Morgan fingerprint density at radius 3 is 2.95 bits per heavy atom. The standard InChI is InChI=1S/C16H26N2O/c1-3-4-13-7-8-18(11-13)12-15-9-14(10-17)5-6-16(15)19-2/h5-6,9,13H,3-4,7-8,10-12,17H2,1-2H3. The van der Waals surface area contributed by atoms with Crippen molar-refractivity contribution in [3.8, 4) is 5.75 Å². The minimum Gasteiger partial charge on any atom is -0.496 e. The summed E-state index contributed by atoms with van der Waals surface area (Å²) in [4.78, 5) is 2.54. The lowest BCUT2D eigenvalue weighted by molar-refractivity contribution is 0.305. The smallest absolute Gasteiger partial charge is 0.123 e. The molecule has 0 saturated carbocycles. The maximum atomic E-state index is 5.73. The first-order chi connectivity index (χ1) is 9.26. The molecule has 1 aromatic rings. The molecule has 19 heavy (non-hydrogen) atoms. The molecular weight excluding hydrogens is 236 g/mol. The lowest BCUT2D eigenvalue weighted by Gasteiger charge is -2.18. The van der Waals surface area contributed by atoms with Crippen molar-refractivity contribution in [1.82, 2.24) is 4.90 Å². The average molecular weight is 262 g/mol. The third kappa shape index (κ3) is 3.71. The molecule has 1 aliphatic rings. The van der Waals surface area contributed by atoms with Crippen LogP contribution in [0.25, 0.3) is 0 Å². The van der Waals surface area contributed by atoms with Gasteiger partial charge in [0.1, 0.15) is 5.75 Å². The van der Waals surface area contributed by atoms with Crippen molar-refractivity contribution in [2.24, 2.45) is 11.7 Å². The minimum absolute atomic E-state index is 0.593. The Morgan fingerprint density at radius 2 is 2.26 bits per heavy atom. The van der Waals surface area contributed by atoms with Crippen molar-refractivity contribution < 1.29 is 4.74 Å². The van der Waals surface area contributed by atoms with Gasteiger partial charge in [0.25, 0.3) is 0 Å².